The van der Waals surface area contributed by atoms with E-state index in [1.807, 2.05) is 39.0 Å². The van der Waals surface area contributed by atoms with E-state index < -0.39 is 5.79 Å². The molecule has 1 aromatic carbocycles. The van der Waals surface area contributed by atoms with Crippen LogP contribution in [-0.2, 0) is 16.0 Å². The molecule has 188 valence electrons. The van der Waals surface area contributed by atoms with Gasteiger partial charge in [-0.3, -0.25) is 0 Å². The lowest BCUT2D eigenvalue weighted by Crippen LogP contribution is -2.35. The number of benzene rings is 1. The van der Waals surface area contributed by atoms with Crippen LogP contribution in [0, 0.1) is 12.8 Å². The molecule has 0 bridgehead atoms. The molecular weight excluding hydrogens is 494 g/mol. The lowest BCUT2D eigenvalue weighted by Gasteiger charge is -2.25. The number of aryl methyl sites for hydroxylation is 1. The number of aromatic nitrogens is 3. The molecule has 1 saturated carbocycles. The van der Waals surface area contributed by atoms with Crippen LogP contribution in [0.4, 0.5) is 11.8 Å². The highest BCUT2D eigenvalue weighted by atomic mass is 32.1. The summed E-state index contributed by atoms with van der Waals surface area (Å²) in [6.07, 6.45) is 0.382. The predicted molar refractivity (Wildman–Crippen MR) is 143 cm³/mol. The minimum absolute atomic E-state index is 0.000651. The van der Waals surface area contributed by atoms with Crippen molar-refractivity contribution in [3.8, 4) is 10.6 Å². The number of para-hydroxylation sites is 1. The van der Waals surface area contributed by atoms with Gasteiger partial charge in [0.15, 0.2) is 5.79 Å². The quantitative estimate of drug-likeness (QED) is 0.309. The van der Waals surface area contributed by atoms with Crippen LogP contribution in [0.15, 0.2) is 41.1 Å². The number of thiazole rings is 1. The number of hydrogen-bond donors (Lipinski definition) is 3. The van der Waals surface area contributed by atoms with Crippen LogP contribution >= 0.6 is 22.7 Å². The highest BCUT2D eigenvalue weighted by molar-refractivity contribution is 7.21. The second kappa shape index (κ2) is 9.35. The molecule has 10 heteroatoms. The molecule has 3 aromatic heterocycles. The molecule has 1 aliphatic carbocycles. The average molecular weight is 524 g/mol. The zero-order valence-corrected chi connectivity index (χ0v) is 22.0. The first kappa shape index (κ1) is 23.7. The molecule has 0 spiro atoms. The van der Waals surface area contributed by atoms with E-state index in [4.69, 9.17) is 24.4 Å². The fourth-order valence-corrected chi connectivity index (χ4v) is 6.88. The fraction of sp³-hybridized carbons (Fsp3) is 0.423. The molecule has 3 N–H and O–H groups in total. The molecule has 8 nitrogen and oxygen atoms in total. The predicted octanol–water partition coefficient (Wildman–Crippen LogP) is 5.05. The van der Waals surface area contributed by atoms with Gasteiger partial charge in [-0.25, -0.2) is 9.97 Å². The Morgan fingerprint density at radius 3 is 2.72 bits per heavy atom. The van der Waals surface area contributed by atoms with Gasteiger partial charge in [0.1, 0.15) is 16.9 Å². The van der Waals surface area contributed by atoms with Crippen molar-refractivity contribution in [1.29, 1.82) is 0 Å². The van der Waals surface area contributed by atoms with Crippen molar-refractivity contribution in [2.45, 2.75) is 57.8 Å². The number of anilines is 2. The average Bonchev–Trinajstić information content (AvgIpc) is 3.62. The van der Waals surface area contributed by atoms with Crippen molar-refractivity contribution in [3.63, 3.8) is 0 Å². The third-order valence-corrected chi connectivity index (χ3v) is 8.55. The minimum atomic E-state index is -0.687. The monoisotopic (exact) mass is 523 g/mol. The van der Waals surface area contributed by atoms with Gasteiger partial charge in [0, 0.05) is 19.1 Å². The summed E-state index contributed by atoms with van der Waals surface area (Å²) in [4.78, 5) is 14.6. The Morgan fingerprint density at radius 1 is 1.11 bits per heavy atom. The number of fused-ring (bicyclic) bond motifs is 2. The summed E-state index contributed by atoms with van der Waals surface area (Å²) in [6.45, 7) is 6.54. The summed E-state index contributed by atoms with van der Waals surface area (Å²) in [5.74, 6) is 0.584. The van der Waals surface area contributed by atoms with Gasteiger partial charge in [-0.1, -0.05) is 12.1 Å². The molecule has 1 aliphatic heterocycles. The van der Waals surface area contributed by atoms with Crippen LogP contribution in [0.25, 0.3) is 20.8 Å². The highest BCUT2D eigenvalue weighted by Crippen LogP contribution is 2.44. The first-order valence-electron chi connectivity index (χ1n) is 12.1. The zero-order valence-electron chi connectivity index (χ0n) is 20.4. The van der Waals surface area contributed by atoms with Crippen molar-refractivity contribution >= 4 is 44.7 Å². The first-order chi connectivity index (χ1) is 17.4. The van der Waals surface area contributed by atoms with Crippen molar-refractivity contribution < 1.29 is 14.6 Å². The Kier molecular flexibility index (Phi) is 6.17. The van der Waals surface area contributed by atoms with E-state index in [0.717, 1.165) is 32.9 Å². The Balaban J connectivity index is 1.37. The summed E-state index contributed by atoms with van der Waals surface area (Å²) in [6, 6.07) is 10.1. The van der Waals surface area contributed by atoms with E-state index in [9.17, 15) is 5.11 Å². The summed E-state index contributed by atoms with van der Waals surface area (Å²) >= 11 is 3.30. The van der Waals surface area contributed by atoms with Gasteiger partial charge in [-0.15, -0.1) is 11.3 Å². The van der Waals surface area contributed by atoms with Gasteiger partial charge < -0.3 is 25.2 Å². The SMILES string of the molecule is Cc1nc(NCc2ccsc2)nc(N[C@@H]2C[C@H](CO)[C@H]3OC(C)(C)O[C@H]32)c1-c1nc2ccccc2s1. The van der Waals surface area contributed by atoms with Gasteiger partial charge in [0.2, 0.25) is 5.95 Å². The van der Waals surface area contributed by atoms with Crippen molar-refractivity contribution in [3.05, 3.63) is 52.3 Å². The maximum atomic E-state index is 10.0. The Bertz CT molecular complexity index is 1340. The number of nitrogens with one attached hydrogen (secondary N) is 2. The largest absolute Gasteiger partial charge is 0.396 e. The van der Waals surface area contributed by atoms with Crippen LogP contribution in [0.2, 0.25) is 0 Å². The Hall–Kier alpha value is -2.63. The standard InChI is InChI=1S/C26H29N5O3S2/c1-14-20(24-30-17-6-4-5-7-19(17)36-24)23(31-25(28-14)27-11-15-8-9-35-13-15)29-18-10-16(12-32)21-22(18)34-26(2,3)33-21/h4-9,13,16,18,21-22,32H,10-12H2,1-3H3,(H2,27,28,29,31)/t16-,18-,21-,22+/m1/s1. The molecular formula is C26H29N5O3S2. The lowest BCUT2D eigenvalue weighted by atomic mass is 10.1. The highest BCUT2D eigenvalue weighted by Gasteiger charge is 2.54. The number of aliphatic hydroxyl groups is 1. The number of aliphatic hydroxyl groups excluding tert-OH is 1. The van der Waals surface area contributed by atoms with Crippen molar-refractivity contribution in [2.24, 2.45) is 5.92 Å². The molecule has 36 heavy (non-hydrogen) atoms. The van der Waals surface area contributed by atoms with E-state index in [1.165, 1.54) is 5.56 Å². The van der Waals surface area contributed by atoms with E-state index in [0.29, 0.717) is 18.3 Å². The molecule has 6 rings (SSSR count). The van der Waals surface area contributed by atoms with Gasteiger partial charge in [0.05, 0.1) is 33.6 Å². The third-order valence-electron chi connectivity index (χ3n) is 6.77. The molecule has 4 heterocycles. The summed E-state index contributed by atoms with van der Waals surface area (Å²) < 4.78 is 13.5. The number of rotatable bonds is 7. The summed E-state index contributed by atoms with van der Waals surface area (Å²) in [5, 5.41) is 22.1. The maximum Gasteiger partial charge on any atom is 0.225 e. The van der Waals surface area contributed by atoms with Gasteiger partial charge in [-0.2, -0.15) is 16.3 Å². The lowest BCUT2D eigenvalue weighted by molar-refractivity contribution is -0.158. The molecule has 4 aromatic rings. The molecule has 2 fully saturated rings. The zero-order chi connectivity index (χ0) is 24.9. The maximum absolute atomic E-state index is 10.0. The van der Waals surface area contributed by atoms with E-state index >= 15 is 0 Å². The normalized spacial score (nSPS) is 24.8. The van der Waals surface area contributed by atoms with Crippen LogP contribution < -0.4 is 10.6 Å². The summed E-state index contributed by atoms with van der Waals surface area (Å²) in [7, 11) is 0. The molecule has 4 atom stereocenters. The first-order valence-corrected chi connectivity index (χ1v) is 13.9. The van der Waals surface area contributed by atoms with Gasteiger partial charge in [-0.05, 0) is 61.7 Å². The van der Waals surface area contributed by atoms with Crippen molar-refractivity contribution in [2.75, 3.05) is 17.2 Å². The molecule has 0 radical (unpaired) electrons. The van der Waals surface area contributed by atoms with Gasteiger partial charge in [0.25, 0.3) is 0 Å². The number of hydrogen-bond acceptors (Lipinski definition) is 10. The second-order valence-corrected chi connectivity index (χ2v) is 11.6. The smallest absolute Gasteiger partial charge is 0.225 e. The third kappa shape index (κ3) is 4.48. The summed E-state index contributed by atoms with van der Waals surface area (Å²) in [5.41, 5.74) is 3.88. The second-order valence-electron chi connectivity index (χ2n) is 9.82. The number of nitrogens with zero attached hydrogens (tertiary/aromatic N) is 3. The minimum Gasteiger partial charge on any atom is -0.396 e. The number of ether oxygens (including phenoxy) is 2. The molecule has 0 unspecified atom stereocenters. The fourth-order valence-electron chi connectivity index (χ4n) is 5.15. The topological polar surface area (TPSA) is 101 Å². The van der Waals surface area contributed by atoms with E-state index in [2.05, 4.69) is 33.5 Å². The molecule has 2 aliphatic rings. The van der Waals surface area contributed by atoms with Crippen LogP contribution in [0.1, 0.15) is 31.5 Å². The van der Waals surface area contributed by atoms with E-state index in [1.54, 1.807) is 22.7 Å². The van der Waals surface area contributed by atoms with Gasteiger partial charge >= 0.3 is 0 Å². The molecule has 1 saturated heterocycles. The number of thiophene rings is 1. The Morgan fingerprint density at radius 2 is 1.94 bits per heavy atom. The van der Waals surface area contributed by atoms with Crippen LogP contribution in [0.3, 0.4) is 0 Å². The van der Waals surface area contributed by atoms with Crippen LogP contribution in [0.5, 0.6) is 0 Å². The Labute approximate surface area is 217 Å². The van der Waals surface area contributed by atoms with Crippen molar-refractivity contribution in [1.82, 2.24) is 15.0 Å². The van der Waals surface area contributed by atoms with Crippen LogP contribution in [-0.4, -0.2) is 50.7 Å². The molecule has 0 amide bonds. The van der Waals surface area contributed by atoms with E-state index in [-0.39, 0.29) is 30.8 Å².